The van der Waals surface area contributed by atoms with Crippen LogP contribution in [-0.2, 0) is 9.53 Å². The monoisotopic (exact) mass is 248 g/mol. The first kappa shape index (κ1) is 12.9. The van der Waals surface area contributed by atoms with Gasteiger partial charge in [0.1, 0.15) is 6.10 Å². The molecule has 3 N–H and O–H groups in total. The van der Waals surface area contributed by atoms with Crippen LogP contribution in [0.3, 0.4) is 0 Å². The molecule has 18 heavy (non-hydrogen) atoms. The van der Waals surface area contributed by atoms with E-state index in [0.717, 1.165) is 30.4 Å². The van der Waals surface area contributed by atoms with Crippen molar-refractivity contribution in [3.05, 3.63) is 23.3 Å². The zero-order chi connectivity index (χ0) is 13.1. The highest BCUT2D eigenvalue weighted by Gasteiger charge is 2.22. The molecule has 0 spiro atoms. The van der Waals surface area contributed by atoms with E-state index in [1.165, 1.54) is 0 Å². The van der Waals surface area contributed by atoms with Gasteiger partial charge in [-0.2, -0.15) is 0 Å². The van der Waals surface area contributed by atoms with Crippen LogP contribution in [0.5, 0.6) is 0 Å². The number of nitrogens with one attached hydrogen (secondary N) is 1. The number of ether oxygens (including phenoxy) is 1. The minimum atomic E-state index is -0.334. The van der Waals surface area contributed by atoms with Gasteiger partial charge in [0.25, 0.3) is 5.91 Å². The first-order valence-electron chi connectivity index (χ1n) is 6.37. The fourth-order valence-corrected chi connectivity index (χ4v) is 2.11. The minimum Gasteiger partial charge on any atom is -0.397 e. The second-order valence-electron chi connectivity index (χ2n) is 4.87. The molecule has 0 bridgehead atoms. The van der Waals surface area contributed by atoms with Crippen molar-refractivity contribution < 1.29 is 9.53 Å². The SMILES string of the molecule is Cc1cc(N)c(NC(=O)C2CCCCO2)cc1C. The smallest absolute Gasteiger partial charge is 0.253 e. The van der Waals surface area contributed by atoms with Gasteiger partial charge >= 0.3 is 0 Å². The lowest BCUT2D eigenvalue weighted by molar-refractivity contribution is -0.129. The van der Waals surface area contributed by atoms with Crippen LogP contribution in [0.15, 0.2) is 12.1 Å². The maximum absolute atomic E-state index is 12.0. The Labute approximate surface area is 108 Å². The summed E-state index contributed by atoms with van der Waals surface area (Å²) in [6.45, 7) is 4.67. The zero-order valence-electron chi connectivity index (χ0n) is 11.0. The molecule has 4 heteroatoms. The number of hydrogen-bond donors (Lipinski definition) is 2. The first-order valence-corrected chi connectivity index (χ1v) is 6.37. The largest absolute Gasteiger partial charge is 0.397 e. The van der Waals surface area contributed by atoms with Crippen molar-refractivity contribution in [3.8, 4) is 0 Å². The van der Waals surface area contributed by atoms with Gasteiger partial charge in [-0.15, -0.1) is 0 Å². The Kier molecular flexibility index (Phi) is 3.87. The first-order chi connectivity index (χ1) is 8.58. The van der Waals surface area contributed by atoms with E-state index in [4.69, 9.17) is 10.5 Å². The maximum Gasteiger partial charge on any atom is 0.253 e. The normalized spacial score (nSPS) is 19.6. The molecule has 1 aromatic carbocycles. The molecule has 4 nitrogen and oxygen atoms in total. The number of nitrogen functional groups attached to an aromatic ring is 1. The molecule has 1 aromatic rings. The molecule has 0 saturated carbocycles. The molecule has 98 valence electrons. The van der Waals surface area contributed by atoms with Gasteiger partial charge < -0.3 is 15.8 Å². The fourth-order valence-electron chi connectivity index (χ4n) is 2.11. The van der Waals surface area contributed by atoms with Crippen molar-refractivity contribution in [1.29, 1.82) is 0 Å². The van der Waals surface area contributed by atoms with Crippen molar-refractivity contribution in [2.75, 3.05) is 17.7 Å². The van der Waals surface area contributed by atoms with Crippen molar-refractivity contribution in [3.63, 3.8) is 0 Å². The van der Waals surface area contributed by atoms with E-state index in [0.29, 0.717) is 18.0 Å². The van der Waals surface area contributed by atoms with E-state index < -0.39 is 0 Å². The second kappa shape index (κ2) is 5.40. The van der Waals surface area contributed by atoms with E-state index in [9.17, 15) is 4.79 Å². The number of hydrogen-bond acceptors (Lipinski definition) is 3. The van der Waals surface area contributed by atoms with Crippen molar-refractivity contribution >= 4 is 17.3 Å². The van der Waals surface area contributed by atoms with Crippen LogP contribution in [0.25, 0.3) is 0 Å². The predicted molar refractivity (Wildman–Crippen MR) is 72.5 cm³/mol. The summed E-state index contributed by atoms with van der Waals surface area (Å²) in [5, 5.41) is 2.86. The molecule has 0 radical (unpaired) electrons. The van der Waals surface area contributed by atoms with Gasteiger partial charge in [-0.3, -0.25) is 4.79 Å². The highest BCUT2D eigenvalue weighted by atomic mass is 16.5. The molecule has 0 aromatic heterocycles. The van der Waals surface area contributed by atoms with Gasteiger partial charge in [0.15, 0.2) is 0 Å². The van der Waals surface area contributed by atoms with Crippen LogP contribution in [0.4, 0.5) is 11.4 Å². The highest BCUT2D eigenvalue weighted by molar-refractivity contribution is 5.97. The Morgan fingerprint density at radius 2 is 2.06 bits per heavy atom. The average Bonchev–Trinajstić information content (AvgIpc) is 2.37. The molecule has 1 fully saturated rings. The van der Waals surface area contributed by atoms with Gasteiger partial charge in [-0.25, -0.2) is 0 Å². The number of rotatable bonds is 2. The predicted octanol–water partition coefficient (Wildman–Crippen LogP) is 2.39. The Morgan fingerprint density at radius 3 is 2.72 bits per heavy atom. The van der Waals surface area contributed by atoms with E-state index in [2.05, 4.69) is 5.32 Å². The van der Waals surface area contributed by atoms with Crippen LogP contribution >= 0.6 is 0 Å². The molecule has 1 heterocycles. The Balaban J connectivity index is 2.08. The third-order valence-electron chi connectivity index (χ3n) is 3.40. The summed E-state index contributed by atoms with van der Waals surface area (Å²) in [5.41, 5.74) is 9.43. The van der Waals surface area contributed by atoms with Gasteiger partial charge in [0.05, 0.1) is 11.4 Å². The Hall–Kier alpha value is -1.55. The van der Waals surface area contributed by atoms with Crippen molar-refractivity contribution in [1.82, 2.24) is 0 Å². The van der Waals surface area contributed by atoms with Crippen LogP contribution < -0.4 is 11.1 Å². The van der Waals surface area contributed by atoms with E-state index in [1.54, 1.807) is 0 Å². The number of carbonyl (C=O) groups is 1. The van der Waals surface area contributed by atoms with Gasteiger partial charge in [-0.05, 0) is 56.4 Å². The lowest BCUT2D eigenvalue weighted by atomic mass is 10.1. The topological polar surface area (TPSA) is 64.3 Å². The summed E-state index contributed by atoms with van der Waals surface area (Å²) < 4.78 is 5.45. The average molecular weight is 248 g/mol. The molecule has 1 unspecified atom stereocenters. The third-order valence-corrected chi connectivity index (χ3v) is 3.40. The highest BCUT2D eigenvalue weighted by Crippen LogP contribution is 2.24. The fraction of sp³-hybridized carbons (Fsp3) is 0.500. The van der Waals surface area contributed by atoms with E-state index >= 15 is 0 Å². The summed E-state index contributed by atoms with van der Waals surface area (Å²) in [7, 11) is 0. The zero-order valence-corrected chi connectivity index (χ0v) is 11.0. The second-order valence-corrected chi connectivity index (χ2v) is 4.87. The molecular formula is C14H20N2O2. The molecule has 1 amide bonds. The summed E-state index contributed by atoms with van der Waals surface area (Å²) in [5.74, 6) is -0.0929. The third kappa shape index (κ3) is 2.82. The molecule has 2 rings (SSSR count). The molecule has 1 saturated heterocycles. The minimum absolute atomic E-state index is 0.0929. The summed E-state index contributed by atoms with van der Waals surface area (Å²) in [6, 6.07) is 3.79. The molecule has 0 aliphatic carbocycles. The Bertz CT molecular complexity index is 451. The maximum atomic E-state index is 12.0. The van der Waals surface area contributed by atoms with Crippen LogP contribution in [0.2, 0.25) is 0 Å². The van der Waals surface area contributed by atoms with Crippen molar-refractivity contribution in [2.24, 2.45) is 0 Å². The molecule has 1 aliphatic rings. The number of anilines is 2. The van der Waals surface area contributed by atoms with Gasteiger partial charge in [0, 0.05) is 6.61 Å². The summed E-state index contributed by atoms with van der Waals surface area (Å²) >= 11 is 0. The Morgan fingerprint density at radius 1 is 1.33 bits per heavy atom. The van der Waals surface area contributed by atoms with E-state index in [-0.39, 0.29) is 12.0 Å². The quantitative estimate of drug-likeness (QED) is 0.790. The van der Waals surface area contributed by atoms with Crippen LogP contribution in [0, 0.1) is 13.8 Å². The molecule has 1 aliphatic heterocycles. The number of nitrogens with two attached hydrogens (primary N) is 1. The lowest BCUT2D eigenvalue weighted by Gasteiger charge is -2.22. The number of amides is 1. The molecule has 1 atom stereocenters. The number of aryl methyl sites for hydroxylation is 2. The van der Waals surface area contributed by atoms with Gasteiger partial charge in [-0.1, -0.05) is 0 Å². The van der Waals surface area contributed by atoms with Crippen molar-refractivity contribution in [2.45, 2.75) is 39.2 Å². The van der Waals surface area contributed by atoms with Crippen LogP contribution in [-0.4, -0.2) is 18.6 Å². The van der Waals surface area contributed by atoms with Gasteiger partial charge in [0.2, 0.25) is 0 Å². The summed E-state index contributed by atoms with van der Waals surface area (Å²) in [4.78, 5) is 12.0. The lowest BCUT2D eigenvalue weighted by Crippen LogP contribution is -2.33. The standard InChI is InChI=1S/C14H20N2O2/c1-9-7-11(15)12(8-10(9)2)16-14(17)13-5-3-4-6-18-13/h7-8,13H,3-6,15H2,1-2H3,(H,16,17). The summed E-state index contributed by atoms with van der Waals surface area (Å²) in [6.07, 6.45) is 2.53. The van der Waals surface area contributed by atoms with E-state index in [1.807, 2.05) is 26.0 Å². The van der Waals surface area contributed by atoms with Crippen LogP contribution in [0.1, 0.15) is 30.4 Å². The number of carbonyl (C=O) groups excluding carboxylic acids is 1. The molecular weight excluding hydrogens is 228 g/mol. The number of benzene rings is 1.